The van der Waals surface area contributed by atoms with Gasteiger partial charge in [-0.2, -0.15) is 12.7 Å². The number of carbonyl (C=O) groups excluding carboxylic acids is 1. The highest BCUT2D eigenvalue weighted by molar-refractivity contribution is 7.87. The molecule has 1 aromatic carbocycles. The van der Waals surface area contributed by atoms with E-state index in [1.807, 2.05) is 4.72 Å². The number of hydrogen-bond acceptors (Lipinski definition) is 7. The van der Waals surface area contributed by atoms with Crippen molar-refractivity contribution in [1.82, 2.24) is 18.4 Å². The number of benzene rings is 1. The van der Waals surface area contributed by atoms with Crippen LogP contribution >= 0.6 is 0 Å². The molecule has 10 nitrogen and oxygen atoms in total. The molecule has 2 aliphatic rings. The van der Waals surface area contributed by atoms with Gasteiger partial charge in [0.2, 0.25) is 0 Å². The van der Waals surface area contributed by atoms with Crippen molar-refractivity contribution in [1.29, 1.82) is 0 Å². The van der Waals surface area contributed by atoms with Crippen molar-refractivity contribution >= 4 is 27.5 Å². The third kappa shape index (κ3) is 6.65. The molecule has 42 heavy (non-hydrogen) atoms. The summed E-state index contributed by atoms with van der Waals surface area (Å²) in [5.74, 6) is -0.971. The molecule has 0 spiro atoms. The highest BCUT2D eigenvalue weighted by atomic mass is 32.2. The number of nitrogens with zero attached hydrogens (tertiary/aromatic N) is 4. The van der Waals surface area contributed by atoms with Gasteiger partial charge >= 0.3 is 10.2 Å². The second-order valence-electron chi connectivity index (χ2n) is 11.3. The van der Waals surface area contributed by atoms with Gasteiger partial charge in [-0.1, -0.05) is 0 Å². The van der Waals surface area contributed by atoms with Crippen molar-refractivity contribution in [2.24, 2.45) is 0 Å². The number of fused-ring (bicyclic) bond motifs is 1. The Labute approximate surface area is 242 Å². The first kappa shape index (κ1) is 30.1. The van der Waals surface area contributed by atoms with Crippen molar-refractivity contribution in [3.8, 4) is 5.75 Å². The molecule has 2 atom stereocenters. The van der Waals surface area contributed by atoms with E-state index in [0.717, 1.165) is 11.4 Å². The number of amides is 1. The zero-order valence-corrected chi connectivity index (χ0v) is 24.4. The number of rotatable bonds is 9. The lowest BCUT2D eigenvalue weighted by atomic mass is 10.0. The summed E-state index contributed by atoms with van der Waals surface area (Å²) in [5.41, 5.74) is -0.537. The monoisotopic (exact) mass is 609 g/mol. The maximum atomic E-state index is 15.0. The zero-order valence-electron chi connectivity index (χ0n) is 23.6. The fourth-order valence-corrected chi connectivity index (χ4v) is 6.37. The number of ether oxygens (including phenoxy) is 2. The molecule has 0 aliphatic carbocycles. The number of imidazole rings is 1. The van der Waals surface area contributed by atoms with Gasteiger partial charge in [-0.15, -0.1) is 0 Å². The van der Waals surface area contributed by atoms with Gasteiger partial charge in [0.1, 0.15) is 40.9 Å². The predicted octanol–water partition coefficient (Wildman–Crippen LogP) is 3.98. The van der Waals surface area contributed by atoms with Crippen LogP contribution in [-0.2, 0) is 14.9 Å². The first-order chi connectivity index (χ1) is 19.8. The topological polar surface area (TPSA) is 105 Å². The molecule has 0 radical (unpaired) electrons. The van der Waals surface area contributed by atoms with E-state index in [9.17, 15) is 26.4 Å². The van der Waals surface area contributed by atoms with Gasteiger partial charge in [-0.3, -0.25) is 9.20 Å². The van der Waals surface area contributed by atoms with Crippen LogP contribution in [0.1, 0.15) is 55.2 Å². The summed E-state index contributed by atoms with van der Waals surface area (Å²) >= 11 is 0. The van der Waals surface area contributed by atoms with E-state index in [1.165, 1.54) is 36.6 Å². The van der Waals surface area contributed by atoms with Gasteiger partial charge in [0.25, 0.3) is 5.91 Å². The molecule has 4 heterocycles. The third-order valence-corrected chi connectivity index (χ3v) is 8.72. The van der Waals surface area contributed by atoms with Crippen molar-refractivity contribution < 1.29 is 35.9 Å². The van der Waals surface area contributed by atoms with Crippen molar-refractivity contribution in [3.05, 3.63) is 59.8 Å². The molecular weight excluding hydrogens is 575 g/mol. The van der Waals surface area contributed by atoms with Crippen LogP contribution in [0.4, 0.5) is 18.9 Å². The van der Waals surface area contributed by atoms with Crippen molar-refractivity contribution in [2.45, 2.75) is 57.1 Å². The molecule has 2 aliphatic heterocycles. The van der Waals surface area contributed by atoms with Gasteiger partial charge < -0.3 is 14.4 Å². The Bertz CT molecular complexity index is 1550. The van der Waals surface area contributed by atoms with E-state index in [1.54, 1.807) is 29.3 Å². The Hall–Kier alpha value is -3.36. The molecule has 5 rings (SSSR count). The standard InChI is InChI=1S/C28H34F3N5O5S/c1-28(2,31)17-34(3)42(38,39)33-27(37)24-14-32-26-7-5-20(16-36(24)26)35-15-19(30)13-23(35)22-12-18(29)4-6-25(22)41-21-8-10-40-11-9-21/h4-7,12,14,16,19,21,23H,8-11,13,15,17H2,1-3H3,(H,33,37)/t19-,23+/m0/s1. The average molecular weight is 610 g/mol. The number of carbonyl (C=O) groups is 1. The van der Waals surface area contributed by atoms with E-state index in [2.05, 4.69) is 4.98 Å². The number of hydrogen-bond donors (Lipinski definition) is 1. The third-order valence-electron chi connectivity index (χ3n) is 7.33. The van der Waals surface area contributed by atoms with E-state index >= 15 is 0 Å². The maximum absolute atomic E-state index is 15.0. The molecule has 0 bridgehead atoms. The summed E-state index contributed by atoms with van der Waals surface area (Å²) in [6, 6.07) is 6.99. The molecule has 1 N–H and O–H groups in total. The van der Waals surface area contributed by atoms with Crippen LogP contribution in [0.5, 0.6) is 5.75 Å². The Morgan fingerprint density at radius 2 is 1.98 bits per heavy atom. The summed E-state index contributed by atoms with van der Waals surface area (Å²) in [6.07, 6.45) is 2.94. The minimum atomic E-state index is -4.35. The number of aromatic nitrogens is 2. The van der Waals surface area contributed by atoms with Gasteiger partial charge in [0.15, 0.2) is 0 Å². The lowest BCUT2D eigenvalue weighted by Gasteiger charge is -2.30. The molecule has 0 unspecified atom stereocenters. The minimum Gasteiger partial charge on any atom is -0.490 e. The number of alkyl halides is 2. The van der Waals surface area contributed by atoms with Crippen LogP contribution in [0.3, 0.4) is 0 Å². The Kier molecular flexibility index (Phi) is 8.41. The zero-order chi connectivity index (χ0) is 30.2. The molecule has 228 valence electrons. The van der Waals surface area contributed by atoms with Crippen LogP contribution < -0.4 is 14.4 Å². The quantitative estimate of drug-likeness (QED) is 0.392. The summed E-state index contributed by atoms with van der Waals surface area (Å²) in [5, 5.41) is 0. The number of halogens is 3. The summed E-state index contributed by atoms with van der Waals surface area (Å²) in [6.45, 7) is 3.13. The smallest absolute Gasteiger partial charge is 0.303 e. The molecular formula is C28H34F3N5O5S. The van der Waals surface area contributed by atoms with Crippen molar-refractivity contribution in [2.75, 3.05) is 38.3 Å². The summed E-state index contributed by atoms with van der Waals surface area (Å²) < 4.78 is 84.5. The van der Waals surface area contributed by atoms with Gasteiger partial charge in [0.05, 0.1) is 31.1 Å². The molecule has 1 amide bonds. The van der Waals surface area contributed by atoms with E-state index in [4.69, 9.17) is 9.47 Å². The minimum absolute atomic E-state index is 0.0117. The van der Waals surface area contributed by atoms with Crippen LogP contribution in [0.15, 0.2) is 42.7 Å². The largest absolute Gasteiger partial charge is 0.490 e. The second kappa shape index (κ2) is 11.7. The predicted molar refractivity (Wildman–Crippen MR) is 150 cm³/mol. The second-order valence-corrected chi connectivity index (χ2v) is 13.1. The highest BCUT2D eigenvalue weighted by Gasteiger charge is 2.36. The maximum Gasteiger partial charge on any atom is 0.303 e. The Morgan fingerprint density at radius 1 is 1.24 bits per heavy atom. The fraction of sp³-hybridized carbons (Fsp3) is 0.500. The van der Waals surface area contributed by atoms with Gasteiger partial charge in [0, 0.05) is 51.2 Å². The Balaban J connectivity index is 1.43. The van der Waals surface area contributed by atoms with E-state index in [-0.39, 0.29) is 24.8 Å². The van der Waals surface area contributed by atoms with E-state index < -0.39 is 46.4 Å². The normalized spacial score (nSPS) is 20.4. The van der Waals surface area contributed by atoms with Gasteiger partial charge in [-0.25, -0.2) is 22.9 Å². The summed E-state index contributed by atoms with van der Waals surface area (Å²) in [7, 11) is -3.19. The first-order valence-corrected chi connectivity index (χ1v) is 15.1. The lowest BCUT2D eigenvalue weighted by molar-refractivity contribution is 0.0250. The molecule has 3 aromatic rings. The summed E-state index contributed by atoms with van der Waals surface area (Å²) in [4.78, 5) is 19.0. The van der Waals surface area contributed by atoms with Crippen LogP contribution in [0.25, 0.3) is 5.65 Å². The molecule has 2 saturated heterocycles. The lowest BCUT2D eigenvalue weighted by Crippen LogP contribution is -2.45. The highest BCUT2D eigenvalue weighted by Crippen LogP contribution is 2.42. The number of nitrogens with one attached hydrogen (secondary N) is 1. The molecule has 0 saturated carbocycles. The molecule has 2 aromatic heterocycles. The fourth-order valence-electron chi connectivity index (χ4n) is 5.39. The SMILES string of the molecule is CN(CC(C)(C)F)S(=O)(=O)NC(=O)c1cnc2ccc(N3C[C@@H](F)C[C@@H]3c3cc(F)ccc3OC3CCOCC3)cn12. The number of pyridine rings is 1. The number of anilines is 1. The average Bonchev–Trinajstić information content (AvgIpc) is 3.52. The van der Waals surface area contributed by atoms with Crippen LogP contribution in [0, 0.1) is 5.82 Å². The van der Waals surface area contributed by atoms with Crippen LogP contribution in [-0.4, -0.2) is 79.3 Å². The van der Waals surface area contributed by atoms with Crippen molar-refractivity contribution in [3.63, 3.8) is 0 Å². The van der Waals surface area contributed by atoms with Crippen LogP contribution in [0.2, 0.25) is 0 Å². The Morgan fingerprint density at radius 3 is 2.69 bits per heavy atom. The van der Waals surface area contributed by atoms with E-state index in [0.29, 0.717) is 48.7 Å². The first-order valence-electron chi connectivity index (χ1n) is 13.7. The van der Waals surface area contributed by atoms with Gasteiger partial charge in [-0.05, 0) is 44.2 Å². The molecule has 14 heteroatoms. The molecule has 2 fully saturated rings.